The van der Waals surface area contributed by atoms with Gasteiger partial charge in [-0.05, 0) is 64.5 Å². The number of hydrogen-bond donors (Lipinski definition) is 1. The summed E-state index contributed by atoms with van der Waals surface area (Å²) < 4.78 is 11.4. The summed E-state index contributed by atoms with van der Waals surface area (Å²) >= 11 is 0. The van der Waals surface area contributed by atoms with Gasteiger partial charge in [-0.1, -0.05) is 136 Å². The van der Waals surface area contributed by atoms with E-state index in [-0.39, 0.29) is 24.6 Å². The fourth-order valence-corrected chi connectivity index (χ4v) is 6.01. The van der Waals surface area contributed by atoms with Crippen LogP contribution in [-0.4, -0.2) is 60.9 Å². The first-order valence-electron chi connectivity index (χ1n) is 19.8. The number of carbonyl (C=O) groups excluding carboxylic acids is 2. The van der Waals surface area contributed by atoms with E-state index >= 15 is 0 Å². The van der Waals surface area contributed by atoms with Crippen molar-refractivity contribution >= 4 is 11.9 Å². The van der Waals surface area contributed by atoms with E-state index in [1.165, 1.54) is 103 Å². The second-order valence-electron chi connectivity index (χ2n) is 13.4. The summed E-state index contributed by atoms with van der Waals surface area (Å²) in [6.07, 6.45) is 31.7. The lowest BCUT2D eigenvalue weighted by molar-refractivity contribution is -0.150. The van der Waals surface area contributed by atoms with Crippen molar-refractivity contribution in [2.24, 2.45) is 0 Å². The summed E-state index contributed by atoms with van der Waals surface area (Å²) in [6, 6.07) is 0. The number of ether oxygens (including phenoxy) is 2. The van der Waals surface area contributed by atoms with Gasteiger partial charge in [0, 0.05) is 19.4 Å². The van der Waals surface area contributed by atoms with Gasteiger partial charge in [-0.15, -0.1) is 0 Å². The normalized spacial score (nSPS) is 12.1. The first-order chi connectivity index (χ1) is 22.1. The van der Waals surface area contributed by atoms with Gasteiger partial charge >= 0.3 is 11.9 Å². The van der Waals surface area contributed by atoms with Crippen molar-refractivity contribution in [1.29, 1.82) is 0 Å². The van der Waals surface area contributed by atoms with Gasteiger partial charge < -0.3 is 19.5 Å². The molecule has 268 valence electrons. The highest BCUT2D eigenvalue weighted by atomic mass is 16.5. The Morgan fingerprint density at radius 2 is 0.956 bits per heavy atom. The predicted molar refractivity (Wildman–Crippen MR) is 191 cm³/mol. The van der Waals surface area contributed by atoms with Gasteiger partial charge in [-0.25, -0.2) is 0 Å². The third kappa shape index (κ3) is 32.6. The highest BCUT2D eigenvalue weighted by Crippen LogP contribution is 2.18. The Hall–Kier alpha value is -1.14. The van der Waals surface area contributed by atoms with Crippen LogP contribution in [0.4, 0.5) is 0 Å². The summed E-state index contributed by atoms with van der Waals surface area (Å²) in [4.78, 5) is 26.9. The van der Waals surface area contributed by atoms with Gasteiger partial charge in [-0.2, -0.15) is 0 Å². The molecule has 0 heterocycles. The number of nitrogens with zero attached hydrogens (tertiary/aromatic N) is 1. The number of esters is 2. The van der Waals surface area contributed by atoms with Crippen molar-refractivity contribution in [3.8, 4) is 0 Å². The van der Waals surface area contributed by atoms with Crippen LogP contribution in [0.3, 0.4) is 0 Å². The monoisotopic (exact) mass is 640 g/mol. The van der Waals surface area contributed by atoms with Crippen LogP contribution in [-0.2, 0) is 19.1 Å². The molecule has 0 aliphatic heterocycles. The minimum Gasteiger partial charge on any atom is -0.466 e. The van der Waals surface area contributed by atoms with Crippen molar-refractivity contribution in [2.45, 2.75) is 207 Å². The maximum atomic E-state index is 12.6. The van der Waals surface area contributed by atoms with E-state index in [9.17, 15) is 14.7 Å². The molecular formula is C39H77NO5. The average molecular weight is 640 g/mol. The van der Waals surface area contributed by atoms with Crippen molar-refractivity contribution in [2.75, 3.05) is 32.8 Å². The maximum absolute atomic E-state index is 12.6. The third-order valence-corrected chi connectivity index (χ3v) is 8.95. The Bertz CT molecular complexity index is 629. The van der Waals surface area contributed by atoms with E-state index in [2.05, 4.69) is 25.7 Å². The van der Waals surface area contributed by atoms with Crippen LogP contribution in [0.5, 0.6) is 0 Å². The van der Waals surface area contributed by atoms with Crippen LogP contribution in [0, 0.1) is 0 Å². The minimum absolute atomic E-state index is 0.00500. The maximum Gasteiger partial charge on any atom is 0.306 e. The van der Waals surface area contributed by atoms with Gasteiger partial charge in [0.1, 0.15) is 6.10 Å². The molecule has 6 nitrogen and oxygen atoms in total. The number of rotatable bonds is 36. The lowest BCUT2D eigenvalue weighted by Gasteiger charge is -2.21. The molecule has 0 aromatic rings. The molecule has 0 aliphatic rings. The number of aliphatic hydroxyl groups excluding tert-OH is 1. The summed E-state index contributed by atoms with van der Waals surface area (Å²) in [6.45, 7) is 9.82. The Balaban J connectivity index is 4.01. The summed E-state index contributed by atoms with van der Waals surface area (Å²) in [5.74, 6) is -0.0984. The van der Waals surface area contributed by atoms with Crippen molar-refractivity contribution < 1.29 is 24.2 Å². The highest BCUT2D eigenvalue weighted by molar-refractivity contribution is 5.69. The Morgan fingerprint density at radius 3 is 1.51 bits per heavy atom. The number of aliphatic hydroxyl groups is 1. The zero-order chi connectivity index (χ0) is 33.1. The molecule has 1 N–H and O–H groups in total. The molecule has 0 aromatic heterocycles. The highest BCUT2D eigenvalue weighted by Gasteiger charge is 2.14. The summed E-state index contributed by atoms with van der Waals surface area (Å²) in [7, 11) is 0. The molecule has 6 heteroatoms. The molecule has 0 aromatic carbocycles. The number of hydrogen-bond acceptors (Lipinski definition) is 6. The Morgan fingerprint density at radius 1 is 0.511 bits per heavy atom. The Kier molecular flexibility index (Phi) is 34.8. The van der Waals surface area contributed by atoms with Crippen LogP contribution in [0.25, 0.3) is 0 Å². The van der Waals surface area contributed by atoms with Gasteiger partial charge in [0.2, 0.25) is 0 Å². The van der Waals surface area contributed by atoms with E-state index in [0.717, 1.165) is 77.3 Å². The number of carbonyl (C=O) groups is 2. The van der Waals surface area contributed by atoms with E-state index < -0.39 is 0 Å². The molecule has 0 aliphatic carbocycles. The summed E-state index contributed by atoms with van der Waals surface area (Å²) in [5.41, 5.74) is 0. The molecule has 0 amide bonds. The fourth-order valence-electron chi connectivity index (χ4n) is 6.01. The third-order valence-electron chi connectivity index (χ3n) is 8.95. The molecule has 45 heavy (non-hydrogen) atoms. The van der Waals surface area contributed by atoms with Gasteiger partial charge in [-0.3, -0.25) is 9.59 Å². The second-order valence-corrected chi connectivity index (χ2v) is 13.4. The lowest BCUT2D eigenvalue weighted by Crippen LogP contribution is -2.29. The number of unbranched alkanes of at least 4 members (excludes halogenated alkanes) is 19. The van der Waals surface area contributed by atoms with Crippen molar-refractivity contribution in [3.63, 3.8) is 0 Å². The molecule has 1 atom stereocenters. The molecule has 1 unspecified atom stereocenters. The van der Waals surface area contributed by atoms with Crippen LogP contribution in [0.15, 0.2) is 0 Å². The van der Waals surface area contributed by atoms with Gasteiger partial charge in [0.15, 0.2) is 0 Å². The zero-order valence-corrected chi connectivity index (χ0v) is 30.4. The van der Waals surface area contributed by atoms with Crippen LogP contribution >= 0.6 is 0 Å². The van der Waals surface area contributed by atoms with Crippen molar-refractivity contribution in [3.05, 3.63) is 0 Å². The van der Waals surface area contributed by atoms with E-state index in [0.29, 0.717) is 26.0 Å². The molecule has 0 saturated heterocycles. The average Bonchev–Trinajstić information content (AvgIpc) is 3.03. The molecular weight excluding hydrogens is 562 g/mol. The predicted octanol–water partition coefficient (Wildman–Crippen LogP) is 10.7. The van der Waals surface area contributed by atoms with Crippen molar-refractivity contribution in [1.82, 2.24) is 4.90 Å². The summed E-state index contributed by atoms with van der Waals surface area (Å²) in [5, 5.41) is 9.46. The van der Waals surface area contributed by atoms with Crippen LogP contribution < -0.4 is 0 Å². The zero-order valence-electron chi connectivity index (χ0n) is 30.4. The molecule has 0 spiro atoms. The first kappa shape index (κ1) is 43.9. The largest absolute Gasteiger partial charge is 0.466 e. The standard InChI is InChI=1S/C39H77NO5/c1-4-7-10-13-15-21-26-36-44-38(42)31-27-33-40(34-35-41)32-25-20-16-19-24-30-39(43)45-37(28-22-17-12-9-6-3)29-23-18-14-11-8-5-2/h37,41H,4-36H2,1-3H3. The Labute approximate surface area is 280 Å². The SMILES string of the molecule is CCCCCCCCCOC(=O)CCCN(CCO)CCCCCCCC(=O)OC(CCCCCCC)CCCCCCCC. The molecule has 0 rings (SSSR count). The van der Waals surface area contributed by atoms with Gasteiger partial charge in [0.25, 0.3) is 0 Å². The minimum atomic E-state index is -0.0934. The fraction of sp³-hybridized carbons (Fsp3) is 0.949. The van der Waals surface area contributed by atoms with E-state index in [1.807, 2.05) is 0 Å². The molecule has 0 fully saturated rings. The smallest absolute Gasteiger partial charge is 0.306 e. The second kappa shape index (κ2) is 35.7. The van der Waals surface area contributed by atoms with Crippen LogP contribution in [0.2, 0.25) is 0 Å². The quantitative estimate of drug-likeness (QED) is 0.0543. The van der Waals surface area contributed by atoms with Gasteiger partial charge in [0.05, 0.1) is 13.2 Å². The molecule has 0 bridgehead atoms. The lowest BCUT2D eigenvalue weighted by atomic mass is 10.0. The first-order valence-corrected chi connectivity index (χ1v) is 19.8. The molecule has 0 saturated carbocycles. The van der Waals surface area contributed by atoms with Crippen LogP contribution in [0.1, 0.15) is 201 Å². The van der Waals surface area contributed by atoms with E-state index in [4.69, 9.17) is 9.47 Å². The van der Waals surface area contributed by atoms with E-state index in [1.54, 1.807) is 0 Å². The molecule has 0 radical (unpaired) electrons. The topological polar surface area (TPSA) is 76.1 Å².